The minimum Gasteiger partial charge on any atom is -0.383 e. The Kier molecular flexibility index (Phi) is 2.62. The van der Waals surface area contributed by atoms with E-state index in [4.69, 9.17) is 5.11 Å². The van der Waals surface area contributed by atoms with Gasteiger partial charge in [-0.2, -0.15) is 0 Å². The molecule has 0 radical (unpaired) electrons. The van der Waals surface area contributed by atoms with E-state index in [1.165, 1.54) is 6.92 Å². The van der Waals surface area contributed by atoms with Crippen LogP contribution in [-0.2, 0) is 0 Å². The fourth-order valence-electron chi connectivity index (χ4n) is 0.215. The number of rotatable bonds is 2. The van der Waals surface area contributed by atoms with Gasteiger partial charge in [-0.15, -0.1) is 0 Å². The smallest absolute Gasteiger partial charge is 0.267 e. The van der Waals surface area contributed by atoms with Gasteiger partial charge in [-0.05, 0) is 12.5 Å². The first kappa shape index (κ1) is 7.56. The van der Waals surface area contributed by atoms with E-state index in [0.717, 1.165) is 0 Å². The molecule has 0 aliphatic carbocycles. The molecule has 1 N–H and O–H groups in total. The number of hydrogen-bond acceptors (Lipinski definition) is 1. The van der Waals surface area contributed by atoms with Crippen LogP contribution >= 0.6 is 0 Å². The van der Waals surface area contributed by atoms with Crippen molar-refractivity contribution in [1.82, 2.24) is 0 Å². The zero-order valence-electron chi connectivity index (χ0n) is 4.56. The molecule has 8 heavy (non-hydrogen) atoms. The second-order valence-corrected chi connectivity index (χ2v) is 1.63. The van der Waals surface area contributed by atoms with Gasteiger partial charge in [-0.1, -0.05) is 6.58 Å². The lowest BCUT2D eigenvalue weighted by Crippen LogP contribution is -2.17. The quantitative estimate of drug-likeness (QED) is 0.545. The first-order valence-corrected chi connectivity index (χ1v) is 2.17. The summed E-state index contributed by atoms with van der Waals surface area (Å²) in [4.78, 5) is 0. The van der Waals surface area contributed by atoms with Crippen molar-refractivity contribution < 1.29 is 13.9 Å². The lowest BCUT2D eigenvalue weighted by Gasteiger charge is -2.06. The lowest BCUT2D eigenvalue weighted by molar-refractivity contribution is 0.0178. The zero-order chi connectivity index (χ0) is 6.73. The molecule has 0 aliphatic heterocycles. The van der Waals surface area contributed by atoms with Crippen LogP contribution in [0.3, 0.4) is 0 Å². The standard InChI is InChI=1S/C5H8F2O/c1-3(2)4(8)5(6)7/h4-5,8H,1H2,2H3. The Balaban J connectivity index is 3.64. The van der Waals surface area contributed by atoms with Crippen molar-refractivity contribution in [2.24, 2.45) is 0 Å². The van der Waals surface area contributed by atoms with E-state index < -0.39 is 12.5 Å². The van der Waals surface area contributed by atoms with E-state index in [9.17, 15) is 8.78 Å². The topological polar surface area (TPSA) is 20.2 Å². The molecule has 0 fully saturated rings. The molecule has 0 saturated heterocycles. The van der Waals surface area contributed by atoms with Crippen LogP contribution in [0.15, 0.2) is 12.2 Å². The van der Waals surface area contributed by atoms with Crippen molar-refractivity contribution in [2.75, 3.05) is 0 Å². The van der Waals surface area contributed by atoms with Crippen LogP contribution in [0.1, 0.15) is 6.92 Å². The molecule has 0 aliphatic rings. The Morgan fingerprint density at radius 3 is 2.00 bits per heavy atom. The number of alkyl halides is 2. The SMILES string of the molecule is C=C(C)C(O)C(F)F. The Bertz CT molecular complexity index is 90.4. The summed E-state index contributed by atoms with van der Waals surface area (Å²) in [5, 5.41) is 8.35. The summed E-state index contributed by atoms with van der Waals surface area (Å²) in [5.74, 6) is 0. The lowest BCUT2D eigenvalue weighted by atomic mass is 10.2. The van der Waals surface area contributed by atoms with E-state index in [1.807, 2.05) is 0 Å². The van der Waals surface area contributed by atoms with Gasteiger partial charge in [0.2, 0.25) is 0 Å². The molecule has 0 amide bonds. The van der Waals surface area contributed by atoms with Crippen LogP contribution in [0, 0.1) is 0 Å². The number of halogens is 2. The second kappa shape index (κ2) is 2.77. The van der Waals surface area contributed by atoms with Crippen molar-refractivity contribution in [3.63, 3.8) is 0 Å². The van der Waals surface area contributed by atoms with Crippen molar-refractivity contribution in [2.45, 2.75) is 19.5 Å². The maximum Gasteiger partial charge on any atom is 0.267 e. The minimum atomic E-state index is -2.70. The van der Waals surface area contributed by atoms with E-state index in [-0.39, 0.29) is 5.57 Å². The molecular weight excluding hydrogens is 114 g/mol. The Morgan fingerprint density at radius 1 is 1.62 bits per heavy atom. The number of aliphatic hydroxyl groups excluding tert-OH is 1. The highest BCUT2D eigenvalue weighted by molar-refractivity contribution is 4.97. The third kappa shape index (κ3) is 2.02. The van der Waals surface area contributed by atoms with Crippen molar-refractivity contribution >= 4 is 0 Å². The van der Waals surface area contributed by atoms with E-state index in [0.29, 0.717) is 0 Å². The van der Waals surface area contributed by atoms with E-state index in [1.54, 1.807) is 0 Å². The Hall–Kier alpha value is -0.440. The maximum absolute atomic E-state index is 11.4. The summed E-state index contributed by atoms with van der Waals surface area (Å²) in [7, 11) is 0. The van der Waals surface area contributed by atoms with Crippen molar-refractivity contribution in [3.8, 4) is 0 Å². The third-order valence-electron chi connectivity index (χ3n) is 0.744. The average Bonchev–Trinajstić information content (AvgIpc) is 1.64. The van der Waals surface area contributed by atoms with E-state index >= 15 is 0 Å². The summed E-state index contributed by atoms with van der Waals surface area (Å²) in [6.07, 6.45) is -4.36. The fraction of sp³-hybridized carbons (Fsp3) is 0.600. The average molecular weight is 122 g/mol. The molecule has 0 bridgehead atoms. The van der Waals surface area contributed by atoms with Gasteiger partial charge in [0, 0.05) is 0 Å². The molecule has 0 saturated carbocycles. The molecule has 1 unspecified atom stereocenters. The zero-order valence-corrected chi connectivity index (χ0v) is 4.56. The molecule has 0 heterocycles. The highest BCUT2D eigenvalue weighted by atomic mass is 19.3. The van der Waals surface area contributed by atoms with Crippen LogP contribution in [0.25, 0.3) is 0 Å². The van der Waals surface area contributed by atoms with Gasteiger partial charge >= 0.3 is 0 Å². The highest BCUT2D eigenvalue weighted by Gasteiger charge is 2.16. The highest BCUT2D eigenvalue weighted by Crippen LogP contribution is 2.07. The number of hydrogen-bond donors (Lipinski definition) is 1. The summed E-state index contributed by atoms with van der Waals surface area (Å²) in [6, 6.07) is 0. The predicted octanol–water partition coefficient (Wildman–Crippen LogP) is 1.19. The normalized spacial score (nSPS) is 14.1. The maximum atomic E-state index is 11.4. The molecule has 48 valence electrons. The Labute approximate surface area is 46.6 Å². The van der Waals surface area contributed by atoms with E-state index in [2.05, 4.69) is 6.58 Å². The monoisotopic (exact) mass is 122 g/mol. The van der Waals surface area contributed by atoms with Crippen molar-refractivity contribution in [1.29, 1.82) is 0 Å². The van der Waals surface area contributed by atoms with Gasteiger partial charge in [-0.25, -0.2) is 8.78 Å². The Morgan fingerprint density at radius 2 is 2.00 bits per heavy atom. The van der Waals surface area contributed by atoms with Crippen LogP contribution in [0.2, 0.25) is 0 Å². The third-order valence-corrected chi connectivity index (χ3v) is 0.744. The van der Waals surface area contributed by atoms with Gasteiger partial charge in [0.1, 0.15) is 6.10 Å². The molecule has 1 nitrogen and oxygen atoms in total. The largest absolute Gasteiger partial charge is 0.383 e. The van der Waals surface area contributed by atoms with Crippen LogP contribution < -0.4 is 0 Å². The first-order chi connectivity index (χ1) is 3.55. The van der Waals surface area contributed by atoms with Gasteiger partial charge in [0.15, 0.2) is 0 Å². The molecule has 0 spiro atoms. The second-order valence-electron chi connectivity index (χ2n) is 1.63. The molecule has 0 rings (SSSR count). The van der Waals surface area contributed by atoms with Crippen molar-refractivity contribution in [3.05, 3.63) is 12.2 Å². The van der Waals surface area contributed by atoms with Gasteiger partial charge in [0.05, 0.1) is 0 Å². The molecule has 0 aromatic carbocycles. The summed E-state index contributed by atoms with van der Waals surface area (Å²) in [6.45, 7) is 4.50. The van der Waals surface area contributed by atoms with Gasteiger partial charge in [-0.3, -0.25) is 0 Å². The summed E-state index contributed by atoms with van der Waals surface area (Å²) < 4.78 is 22.7. The van der Waals surface area contributed by atoms with Gasteiger partial charge in [0.25, 0.3) is 6.43 Å². The summed E-state index contributed by atoms with van der Waals surface area (Å²) in [5.41, 5.74) is 0.0972. The summed E-state index contributed by atoms with van der Waals surface area (Å²) >= 11 is 0. The van der Waals surface area contributed by atoms with Crippen LogP contribution in [-0.4, -0.2) is 17.6 Å². The molecule has 0 aromatic rings. The minimum absolute atomic E-state index is 0.0972. The predicted molar refractivity (Wildman–Crippen MR) is 26.8 cm³/mol. The molecule has 1 atom stereocenters. The molecule has 3 heteroatoms. The van der Waals surface area contributed by atoms with Gasteiger partial charge < -0.3 is 5.11 Å². The van der Waals surface area contributed by atoms with Crippen LogP contribution in [0.5, 0.6) is 0 Å². The van der Waals surface area contributed by atoms with Crippen LogP contribution in [0.4, 0.5) is 8.78 Å². The fourth-order valence-corrected chi connectivity index (χ4v) is 0.215. The number of aliphatic hydroxyl groups is 1. The molecular formula is C5H8F2O. The first-order valence-electron chi connectivity index (χ1n) is 2.17. The molecule has 0 aromatic heterocycles.